The number of urea groups is 1. The van der Waals surface area contributed by atoms with Crippen molar-refractivity contribution in [2.24, 2.45) is 0 Å². The maximum Gasteiger partial charge on any atom is 0.338 e. The first-order valence-electron chi connectivity index (χ1n) is 12.5. The van der Waals surface area contributed by atoms with Gasteiger partial charge in [0.25, 0.3) is 0 Å². The second kappa shape index (κ2) is 12.1. The zero-order valence-corrected chi connectivity index (χ0v) is 22.1. The van der Waals surface area contributed by atoms with Crippen LogP contribution in [0.3, 0.4) is 0 Å². The summed E-state index contributed by atoms with van der Waals surface area (Å²) in [4.78, 5) is 44.6. The van der Waals surface area contributed by atoms with Gasteiger partial charge in [-0.3, -0.25) is 14.6 Å². The first-order chi connectivity index (χ1) is 17.3. The lowest BCUT2D eigenvalue weighted by atomic mass is 9.93. The predicted octanol–water partition coefficient (Wildman–Crippen LogP) is 2.55. The van der Waals surface area contributed by atoms with Crippen molar-refractivity contribution in [1.82, 2.24) is 20.0 Å². The summed E-state index contributed by atoms with van der Waals surface area (Å²) >= 11 is 0. The number of hydrogen-bond donors (Lipinski definition) is 1. The number of hydrogen-bond acceptors (Lipinski definition) is 7. The number of rotatable bonds is 9. The molecule has 198 valence electrons. The number of likely N-dealkylation sites (N-methyl/N-ethyl adjacent to an activating group) is 1. The van der Waals surface area contributed by atoms with Crippen molar-refractivity contribution in [2.75, 3.05) is 53.6 Å². The zero-order chi connectivity index (χ0) is 26.4. The quantitative estimate of drug-likeness (QED) is 0.518. The highest BCUT2D eigenvalue weighted by atomic mass is 16.5. The van der Waals surface area contributed by atoms with Crippen molar-refractivity contribution in [3.8, 4) is 11.5 Å². The van der Waals surface area contributed by atoms with Gasteiger partial charge < -0.3 is 24.4 Å². The third-order valence-electron chi connectivity index (χ3n) is 6.71. The number of nitrogens with zero attached hydrogens (tertiary/aromatic N) is 3. The molecule has 10 nitrogen and oxygen atoms in total. The topological polar surface area (TPSA) is 101 Å². The molecule has 0 radical (unpaired) electrons. The highest BCUT2D eigenvalue weighted by Gasteiger charge is 2.40. The molecule has 2 aliphatic heterocycles. The van der Waals surface area contributed by atoms with Gasteiger partial charge in [0.2, 0.25) is 5.91 Å². The minimum Gasteiger partial charge on any atom is -0.497 e. The van der Waals surface area contributed by atoms with Crippen molar-refractivity contribution in [3.05, 3.63) is 35.0 Å². The fourth-order valence-electron chi connectivity index (χ4n) is 4.91. The fraction of sp³-hybridized carbons (Fsp3) is 0.577. The Balaban J connectivity index is 2.06. The minimum absolute atomic E-state index is 0.0304. The van der Waals surface area contributed by atoms with E-state index in [0.717, 1.165) is 0 Å². The van der Waals surface area contributed by atoms with Gasteiger partial charge in [0.05, 0.1) is 32.4 Å². The summed E-state index contributed by atoms with van der Waals surface area (Å²) in [5.41, 5.74) is 1.61. The van der Waals surface area contributed by atoms with Crippen LogP contribution in [-0.4, -0.2) is 92.2 Å². The second-order valence-corrected chi connectivity index (χ2v) is 8.84. The van der Waals surface area contributed by atoms with Gasteiger partial charge in [-0.05, 0) is 32.9 Å². The van der Waals surface area contributed by atoms with Crippen LogP contribution >= 0.6 is 0 Å². The predicted molar refractivity (Wildman–Crippen MR) is 135 cm³/mol. The van der Waals surface area contributed by atoms with E-state index in [4.69, 9.17) is 14.2 Å². The third kappa shape index (κ3) is 5.59. The van der Waals surface area contributed by atoms with E-state index in [-0.39, 0.29) is 24.6 Å². The summed E-state index contributed by atoms with van der Waals surface area (Å²) in [6.45, 7) is 10.4. The van der Waals surface area contributed by atoms with Gasteiger partial charge in [-0.2, -0.15) is 0 Å². The van der Waals surface area contributed by atoms with Gasteiger partial charge in [-0.15, -0.1) is 0 Å². The molecule has 0 aromatic heterocycles. The van der Waals surface area contributed by atoms with Crippen LogP contribution < -0.4 is 14.8 Å². The van der Waals surface area contributed by atoms with E-state index >= 15 is 0 Å². The van der Waals surface area contributed by atoms with Crippen LogP contribution in [-0.2, 0) is 14.3 Å². The number of piperazine rings is 1. The number of nitrogens with one attached hydrogen (secondary N) is 1. The van der Waals surface area contributed by atoms with E-state index in [1.165, 1.54) is 7.11 Å². The molecular formula is C26H38N4O6. The molecule has 0 spiro atoms. The van der Waals surface area contributed by atoms with Gasteiger partial charge in [0, 0.05) is 62.5 Å². The Bertz CT molecular complexity index is 1010. The van der Waals surface area contributed by atoms with E-state index < -0.39 is 12.0 Å². The van der Waals surface area contributed by atoms with Crippen LogP contribution in [0.2, 0.25) is 0 Å². The number of methoxy groups -OCH3 is 2. The second-order valence-electron chi connectivity index (χ2n) is 8.84. The van der Waals surface area contributed by atoms with Gasteiger partial charge in [-0.25, -0.2) is 9.59 Å². The van der Waals surface area contributed by atoms with Crippen molar-refractivity contribution in [2.45, 2.75) is 46.2 Å². The lowest BCUT2D eigenvalue weighted by Crippen LogP contribution is -2.56. The van der Waals surface area contributed by atoms with Crippen LogP contribution in [0.1, 0.15) is 45.7 Å². The Morgan fingerprint density at radius 3 is 2.44 bits per heavy atom. The Hall–Kier alpha value is -3.27. The Morgan fingerprint density at radius 2 is 1.86 bits per heavy atom. The SMILES string of the molecule is CCOC(=O)C1=C(CN2CCN(C(=O)CC)C(C)C2)N(CC)C(=O)NC1c1ccc(OC)cc1OC. The van der Waals surface area contributed by atoms with Crippen molar-refractivity contribution < 1.29 is 28.6 Å². The fourth-order valence-corrected chi connectivity index (χ4v) is 4.91. The number of amides is 3. The molecule has 1 aromatic carbocycles. The molecule has 1 aromatic rings. The Morgan fingerprint density at radius 1 is 1.11 bits per heavy atom. The summed E-state index contributed by atoms with van der Waals surface area (Å²) in [5, 5.41) is 2.98. The van der Waals surface area contributed by atoms with Gasteiger partial charge in [0.15, 0.2) is 0 Å². The number of esters is 1. The molecule has 3 amide bonds. The molecule has 2 unspecified atom stereocenters. The monoisotopic (exact) mass is 502 g/mol. The normalized spacial score (nSPS) is 20.8. The number of carbonyl (C=O) groups is 3. The summed E-state index contributed by atoms with van der Waals surface area (Å²) in [6.07, 6.45) is 0.470. The van der Waals surface area contributed by atoms with Gasteiger partial charge >= 0.3 is 12.0 Å². The molecule has 0 bridgehead atoms. The first-order valence-corrected chi connectivity index (χ1v) is 12.5. The number of benzene rings is 1. The molecule has 1 fully saturated rings. The average molecular weight is 503 g/mol. The third-order valence-corrected chi connectivity index (χ3v) is 6.71. The number of carbonyl (C=O) groups excluding carboxylic acids is 3. The van der Waals surface area contributed by atoms with Crippen molar-refractivity contribution in [3.63, 3.8) is 0 Å². The lowest BCUT2D eigenvalue weighted by Gasteiger charge is -2.43. The molecule has 1 saturated heterocycles. The van der Waals surface area contributed by atoms with Crippen LogP contribution in [0.5, 0.6) is 11.5 Å². The molecule has 2 aliphatic rings. The van der Waals surface area contributed by atoms with E-state index in [1.807, 2.05) is 25.7 Å². The minimum atomic E-state index is -0.754. The Kier molecular flexibility index (Phi) is 9.19. The molecule has 36 heavy (non-hydrogen) atoms. The molecule has 1 N–H and O–H groups in total. The summed E-state index contributed by atoms with van der Waals surface area (Å²) in [5.74, 6) is 0.739. The average Bonchev–Trinajstić information content (AvgIpc) is 2.87. The van der Waals surface area contributed by atoms with Crippen molar-refractivity contribution >= 4 is 17.9 Å². The van der Waals surface area contributed by atoms with Crippen LogP contribution in [0.25, 0.3) is 0 Å². The zero-order valence-electron chi connectivity index (χ0n) is 22.1. The number of ether oxygens (including phenoxy) is 3. The summed E-state index contributed by atoms with van der Waals surface area (Å²) < 4.78 is 16.4. The van der Waals surface area contributed by atoms with Crippen LogP contribution in [0.15, 0.2) is 29.5 Å². The van der Waals surface area contributed by atoms with Crippen molar-refractivity contribution in [1.29, 1.82) is 0 Å². The maximum absolute atomic E-state index is 13.4. The van der Waals surface area contributed by atoms with Crippen LogP contribution in [0.4, 0.5) is 4.79 Å². The molecule has 0 aliphatic carbocycles. The molecule has 2 atom stereocenters. The Labute approximate surface area is 213 Å². The molecule has 10 heteroatoms. The lowest BCUT2D eigenvalue weighted by molar-refractivity contribution is -0.139. The van der Waals surface area contributed by atoms with E-state index in [2.05, 4.69) is 10.2 Å². The van der Waals surface area contributed by atoms with E-state index in [1.54, 1.807) is 37.1 Å². The van der Waals surface area contributed by atoms with E-state index in [9.17, 15) is 14.4 Å². The molecule has 3 rings (SSSR count). The van der Waals surface area contributed by atoms with Gasteiger partial charge in [0.1, 0.15) is 11.5 Å². The molecular weight excluding hydrogens is 464 g/mol. The highest BCUT2D eigenvalue weighted by molar-refractivity contribution is 5.95. The molecule has 2 heterocycles. The van der Waals surface area contributed by atoms with Gasteiger partial charge in [-0.1, -0.05) is 6.92 Å². The molecule has 0 saturated carbocycles. The van der Waals surface area contributed by atoms with Crippen LogP contribution in [0, 0.1) is 0 Å². The summed E-state index contributed by atoms with van der Waals surface area (Å²) in [6, 6.07) is 4.26. The largest absolute Gasteiger partial charge is 0.497 e. The standard InChI is InChI=1S/C26H38N4O6/c1-7-22(31)30-13-12-28(15-17(30)4)16-20-23(25(32)36-9-3)24(27-26(33)29(20)8-2)19-11-10-18(34-5)14-21(19)35-6/h10-11,14,17,24H,7-9,12-13,15-16H2,1-6H3,(H,27,33). The maximum atomic E-state index is 13.4. The highest BCUT2D eigenvalue weighted by Crippen LogP contribution is 2.38. The first kappa shape index (κ1) is 27.3. The summed E-state index contributed by atoms with van der Waals surface area (Å²) in [7, 11) is 3.10. The van der Waals surface area contributed by atoms with E-state index in [0.29, 0.717) is 67.5 Å². The smallest absolute Gasteiger partial charge is 0.338 e.